The molecule has 1 aromatic rings. The number of amides is 1. The van der Waals surface area contributed by atoms with Gasteiger partial charge in [0.2, 0.25) is 5.91 Å². The Balaban J connectivity index is 2.37. The van der Waals surface area contributed by atoms with Crippen LogP contribution in [0, 0.1) is 0 Å². The highest BCUT2D eigenvalue weighted by molar-refractivity contribution is 8.05. The average Bonchev–Trinajstić information content (AvgIpc) is 2.74. The molecule has 1 saturated heterocycles. The first-order valence-electron chi connectivity index (χ1n) is 6.51. The number of ether oxygens (including phenoxy) is 1. The van der Waals surface area contributed by atoms with Crippen molar-refractivity contribution in [2.45, 2.75) is 18.6 Å². The summed E-state index contributed by atoms with van der Waals surface area (Å²) in [5.41, 5.74) is 0.568. The molecule has 7 heteroatoms. The predicted molar refractivity (Wildman–Crippen MR) is 82.9 cm³/mol. The maximum atomic E-state index is 12.4. The quantitative estimate of drug-likeness (QED) is 0.836. The van der Waals surface area contributed by atoms with E-state index in [0.29, 0.717) is 16.5 Å². The normalized spacial score (nSPS) is 19.5. The third-order valence-electron chi connectivity index (χ3n) is 3.00. The molecule has 1 amide bonds. The van der Waals surface area contributed by atoms with Crippen LogP contribution < -0.4 is 9.64 Å². The number of ketones is 1. The van der Waals surface area contributed by atoms with Gasteiger partial charge < -0.3 is 9.84 Å². The standard InChI is InChI=1S/C15H15NO5S/c1-9(17)7-13-16(10-3-5-11(21-2)6-4-10)15(20)12(22-13)8-14(18)19/h3-7,12H,8H2,1-2H3,(H,18,19)/b13-7-/t12-/m0/s1. The van der Waals surface area contributed by atoms with Crippen molar-refractivity contribution in [3.63, 3.8) is 0 Å². The Morgan fingerprint density at radius 3 is 2.50 bits per heavy atom. The third-order valence-corrected chi connectivity index (χ3v) is 4.19. The van der Waals surface area contributed by atoms with Crippen LogP contribution in [0.15, 0.2) is 35.4 Å². The molecule has 22 heavy (non-hydrogen) atoms. The Bertz CT molecular complexity index is 638. The number of carboxylic acids is 1. The van der Waals surface area contributed by atoms with Crippen molar-refractivity contribution in [2.24, 2.45) is 0 Å². The van der Waals surface area contributed by atoms with E-state index in [1.54, 1.807) is 24.3 Å². The maximum absolute atomic E-state index is 12.4. The minimum absolute atomic E-state index is 0.204. The summed E-state index contributed by atoms with van der Waals surface area (Å²) in [6.45, 7) is 1.38. The number of thioether (sulfide) groups is 1. The van der Waals surface area contributed by atoms with Crippen molar-refractivity contribution in [1.29, 1.82) is 0 Å². The molecule has 1 N–H and O–H groups in total. The van der Waals surface area contributed by atoms with E-state index >= 15 is 0 Å². The maximum Gasteiger partial charge on any atom is 0.305 e. The van der Waals surface area contributed by atoms with Crippen LogP contribution in [-0.4, -0.2) is 35.1 Å². The van der Waals surface area contributed by atoms with Gasteiger partial charge in [-0.1, -0.05) is 11.8 Å². The monoisotopic (exact) mass is 321 g/mol. The van der Waals surface area contributed by atoms with Crippen molar-refractivity contribution in [3.8, 4) is 5.75 Å². The van der Waals surface area contributed by atoms with Crippen LogP contribution in [0.3, 0.4) is 0 Å². The summed E-state index contributed by atoms with van der Waals surface area (Å²) in [4.78, 5) is 36.0. The lowest BCUT2D eigenvalue weighted by molar-refractivity contribution is -0.138. The van der Waals surface area contributed by atoms with Crippen LogP contribution in [0.1, 0.15) is 13.3 Å². The molecule has 0 aromatic heterocycles. The number of nitrogens with zero attached hydrogens (tertiary/aromatic N) is 1. The van der Waals surface area contributed by atoms with Crippen LogP contribution in [0.2, 0.25) is 0 Å². The smallest absolute Gasteiger partial charge is 0.305 e. The number of carboxylic acid groups (broad SMARTS) is 1. The van der Waals surface area contributed by atoms with Crippen molar-refractivity contribution in [2.75, 3.05) is 12.0 Å². The topological polar surface area (TPSA) is 83.9 Å². The molecule has 1 aliphatic rings. The molecule has 1 heterocycles. The van der Waals surface area contributed by atoms with Crippen LogP contribution in [-0.2, 0) is 14.4 Å². The van der Waals surface area contributed by atoms with Gasteiger partial charge in [0, 0.05) is 11.8 Å². The fourth-order valence-corrected chi connectivity index (χ4v) is 3.31. The van der Waals surface area contributed by atoms with Crippen molar-refractivity contribution >= 4 is 35.1 Å². The zero-order valence-corrected chi connectivity index (χ0v) is 12.9. The molecule has 0 saturated carbocycles. The molecular formula is C15H15NO5S. The summed E-state index contributed by atoms with van der Waals surface area (Å²) in [6.07, 6.45) is 1.06. The fourth-order valence-electron chi connectivity index (χ4n) is 2.05. The second-order valence-electron chi connectivity index (χ2n) is 4.67. The highest BCUT2D eigenvalue weighted by Crippen LogP contribution is 2.40. The molecule has 0 spiro atoms. The Hall–Kier alpha value is -2.28. The number of rotatable bonds is 5. The average molecular weight is 321 g/mol. The number of anilines is 1. The van der Waals surface area contributed by atoms with Crippen molar-refractivity contribution < 1.29 is 24.2 Å². The summed E-state index contributed by atoms with van der Waals surface area (Å²) >= 11 is 1.09. The van der Waals surface area contributed by atoms with Gasteiger partial charge in [0.15, 0.2) is 5.78 Å². The first-order valence-corrected chi connectivity index (χ1v) is 7.39. The van der Waals surface area contributed by atoms with Gasteiger partial charge in [0.1, 0.15) is 11.0 Å². The van der Waals surface area contributed by atoms with Crippen molar-refractivity contribution in [1.82, 2.24) is 0 Å². The van der Waals surface area contributed by atoms with E-state index in [2.05, 4.69) is 0 Å². The van der Waals surface area contributed by atoms with Crippen LogP contribution in [0.5, 0.6) is 5.75 Å². The molecule has 0 unspecified atom stereocenters. The molecule has 0 bridgehead atoms. The summed E-state index contributed by atoms with van der Waals surface area (Å²) in [5, 5.41) is 8.61. The molecule has 6 nitrogen and oxygen atoms in total. The lowest BCUT2D eigenvalue weighted by Crippen LogP contribution is -2.29. The summed E-state index contributed by atoms with van der Waals surface area (Å²) in [5.74, 6) is -0.957. The Morgan fingerprint density at radius 2 is 2.00 bits per heavy atom. The van der Waals surface area contributed by atoms with E-state index in [1.165, 1.54) is 25.0 Å². The number of carbonyl (C=O) groups is 3. The Labute approximate surface area is 131 Å². The van der Waals surface area contributed by atoms with Gasteiger partial charge in [0.25, 0.3) is 0 Å². The van der Waals surface area contributed by atoms with E-state index in [1.807, 2.05) is 0 Å². The number of hydrogen-bond donors (Lipinski definition) is 1. The van der Waals surface area contributed by atoms with E-state index in [9.17, 15) is 14.4 Å². The number of carbonyl (C=O) groups excluding carboxylic acids is 2. The SMILES string of the molecule is COc1ccc(N2C(=O)[C@H](CC(=O)O)S/C2=C\C(C)=O)cc1. The third kappa shape index (κ3) is 3.48. The highest BCUT2D eigenvalue weighted by atomic mass is 32.2. The summed E-state index contributed by atoms with van der Waals surface area (Å²) in [7, 11) is 1.54. The summed E-state index contributed by atoms with van der Waals surface area (Å²) < 4.78 is 5.07. The largest absolute Gasteiger partial charge is 0.497 e. The number of benzene rings is 1. The number of allylic oxidation sites excluding steroid dienone is 1. The van der Waals surface area contributed by atoms with Crippen LogP contribution >= 0.6 is 11.8 Å². The fraction of sp³-hybridized carbons (Fsp3) is 0.267. The van der Waals surface area contributed by atoms with Gasteiger partial charge in [-0.3, -0.25) is 19.3 Å². The second kappa shape index (κ2) is 6.65. The molecule has 1 aromatic carbocycles. The van der Waals surface area contributed by atoms with Crippen LogP contribution in [0.25, 0.3) is 0 Å². The number of aliphatic carboxylic acids is 1. The van der Waals surface area contributed by atoms with Gasteiger partial charge in [-0.2, -0.15) is 0 Å². The second-order valence-corrected chi connectivity index (χ2v) is 5.89. The first-order chi connectivity index (χ1) is 10.4. The van der Waals surface area contributed by atoms with Gasteiger partial charge >= 0.3 is 5.97 Å². The van der Waals surface area contributed by atoms with Crippen LogP contribution in [0.4, 0.5) is 5.69 Å². The molecule has 1 aliphatic heterocycles. The first kappa shape index (κ1) is 16.1. The molecule has 1 atom stereocenters. The minimum Gasteiger partial charge on any atom is -0.497 e. The molecule has 116 valence electrons. The zero-order chi connectivity index (χ0) is 16.3. The molecule has 1 fully saturated rings. The van der Waals surface area contributed by atoms with E-state index in [-0.39, 0.29) is 18.1 Å². The lowest BCUT2D eigenvalue weighted by atomic mass is 10.2. The van der Waals surface area contributed by atoms with Gasteiger partial charge in [-0.25, -0.2) is 0 Å². The zero-order valence-electron chi connectivity index (χ0n) is 12.1. The van der Waals surface area contributed by atoms with E-state index < -0.39 is 11.2 Å². The predicted octanol–water partition coefficient (Wildman–Crippen LogP) is 2.05. The molecule has 0 radical (unpaired) electrons. The molecule has 2 rings (SSSR count). The molecular weight excluding hydrogens is 306 g/mol. The number of hydrogen-bond acceptors (Lipinski definition) is 5. The van der Waals surface area contributed by atoms with E-state index in [4.69, 9.17) is 9.84 Å². The van der Waals surface area contributed by atoms with Gasteiger partial charge in [-0.15, -0.1) is 0 Å². The molecule has 0 aliphatic carbocycles. The minimum atomic E-state index is -1.05. The van der Waals surface area contributed by atoms with Gasteiger partial charge in [-0.05, 0) is 31.2 Å². The van der Waals surface area contributed by atoms with E-state index in [0.717, 1.165) is 11.8 Å². The Kier molecular flexibility index (Phi) is 4.87. The Morgan fingerprint density at radius 1 is 1.36 bits per heavy atom. The van der Waals surface area contributed by atoms with Crippen molar-refractivity contribution in [3.05, 3.63) is 35.4 Å². The highest BCUT2D eigenvalue weighted by Gasteiger charge is 2.39. The summed E-state index contributed by atoms with van der Waals surface area (Å²) in [6, 6.07) is 6.77. The lowest BCUT2D eigenvalue weighted by Gasteiger charge is -2.17. The van der Waals surface area contributed by atoms with Gasteiger partial charge in [0.05, 0.1) is 18.6 Å². The number of methoxy groups -OCH3 is 1.